The maximum atomic E-state index is 11.9. The van der Waals surface area contributed by atoms with Crippen molar-refractivity contribution in [1.29, 1.82) is 0 Å². The van der Waals surface area contributed by atoms with Gasteiger partial charge >= 0.3 is 5.97 Å². The Hall–Kier alpha value is -2.03. The Bertz CT molecular complexity index is 546. The Kier molecular flexibility index (Phi) is 6.90. The zero-order valence-electron chi connectivity index (χ0n) is 12.7. The average molecular weight is 329 g/mol. The number of hydrogen-bond donors (Lipinski definition) is 2. The van der Waals surface area contributed by atoms with E-state index in [9.17, 15) is 14.4 Å². The van der Waals surface area contributed by atoms with E-state index in [0.717, 1.165) is 0 Å². The Morgan fingerprint density at radius 3 is 2.73 bits per heavy atom. The van der Waals surface area contributed by atoms with Crippen LogP contribution in [0.3, 0.4) is 0 Å². The summed E-state index contributed by atoms with van der Waals surface area (Å²) in [5.41, 5.74) is 0. The fourth-order valence-electron chi connectivity index (χ4n) is 1.42. The number of carbonyl (C=O) groups is 3. The van der Waals surface area contributed by atoms with Gasteiger partial charge in [0.25, 0.3) is 0 Å². The molecule has 1 aromatic heterocycles. The zero-order chi connectivity index (χ0) is 16.7. The second-order valence-corrected chi connectivity index (χ2v) is 6.05. The molecule has 8 nitrogen and oxygen atoms in total. The molecule has 22 heavy (non-hydrogen) atoms. The average Bonchev–Trinajstić information content (AvgIpc) is 2.86. The lowest BCUT2D eigenvalue weighted by Gasteiger charge is -2.17. The van der Waals surface area contributed by atoms with Crippen LogP contribution in [0.2, 0.25) is 0 Å². The number of aromatic nitrogens is 1. The van der Waals surface area contributed by atoms with Crippen molar-refractivity contribution in [1.82, 2.24) is 10.1 Å². The van der Waals surface area contributed by atoms with Gasteiger partial charge in [0.1, 0.15) is 5.76 Å². The predicted molar refractivity (Wildman–Crippen MR) is 81.7 cm³/mol. The summed E-state index contributed by atoms with van der Waals surface area (Å²) in [6, 6.07) is 1.60. The Morgan fingerprint density at radius 2 is 2.18 bits per heavy atom. The first-order valence-corrected chi connectivity index (χ1v) is 7.66. The summed E-state index contributed by atoms with van der Waals surface area (Å²) in [4.78, 5) is 35.5. The first kappa shape index (κ1) is 18.0. The van der Waals surface area contributed by atoms with Gasteiger partial charge in [-0.05, 0) is 13.8 Å². The second kappa shape index (κ2) is 8.42. The van der Waals surface area contributed by atoms with E-state index in [-0.39, 0.29) is 30.5 Å². The van der Waals surface area contributed by atoms with Gasteiger partial charge in [-0.1, -0.05) is 5.16 Å². The number of rotatable bonds is 8. The number of carboxylic acid groups (broad SMARTS) is 1. The molecule has 1 heterocycles. The highest BCUT2D eigenvalue weighted by molar-refractivity contribution is 8.01. The number of carboxylic acids is 1. The summed E-state index contributed by atoms with van der Waals surface area (Å²) in [5.74, 6) is -0.432. The molecule has 0 aromatic carbocycles. The largest absolute Gasteiger partial charge is 0.481 e. The molecule has 2 amide bonds. The van der Waals surface area contributed by atoms with Crippen LogP contribution >= 0.6 is 11.8 Å². The molecule has 0 fully saturated rings. The number of amides is 2. The van der Waals surface area contributed by atoms with Crippen molar-refractivity contribution < 1.29 is 24.0 Å². The van der Waals surface area contributed by atoms with E-state index in [1.807, 2.05) is 0 Å². The number of carbonyl (C=O) groups excluding carboxylic acids is 2. The van der Waals surface area contributed by atoms with Gasteiger partial charge in [-0.2, -0.15) is 0 Å². The number of nitrogens with one attached hydrogen (secondary N) is 1. The SMILES string of the molecule is Cc1cc(NC(=O)C(C)SCC(=O)N(C)CCC(=O)O)no1. The van der Waals surface area contributed by atoms with Crippen molar-refractivity contribution in [2.75, 3.05) is 24.7 Å². The smallest absolute Gasteiger partial charge is 0.305 e. The molecule has 0 saturated carbocycles. The first-order chi connectivity index (χ1) is 10.3. The van der Waals surface area contributed by atoms with Gasteiger partial charge in [0.2, 0.25) is 11.8 Å². The Labute approximate surface area is 132 Å². The third-order valence-electron chi connectivity index (χ3n) is 2.79. The lowest BCUT2D eigenvalue weighted by atomic mass is 10.4. The van der Waals surface area contributed by atoms with Gasteiger partial charge in [0.15, 0.2) is 5.82 Å². The number of thioether (sulfide) groups is 1. The molecule has 1 atom stereocenters. The molecule has 0 aliphatic rings. The van der Waals surface area contributed by atoms with Crippen LogP contribution in [0.1, 0.15) is 19.1 Å². The maximum Gasteiger partial charge on any atom is 0.305 e. The summed E-state index contributed by atoms with van der Waals surface area (Å²) < 4.78 is 4.84. The van der Waals surface area contributed by atoms with E-state index >= 15 is 0 Å². The second-order valence-electron chi connectivity index (χ2n) is 4.72. The molecule has 0 aliphatic heterocycles. The molecule has 1 unspecified atom stereocenters. The third-order valence-corrected chi connectivity index (χ3v) is 3.92. The minimum atomic E-state index is -0.956. The van der Waals surface area contributed by atoms with Gasteiger partial charge in [0.05, 0.1) is 17.4 Å². The molecule has 1 aromatic rings. The molecule has 0 bridgehead atoms. The van der Waals surface area contributed by atoms with Gasteiger partial charge in [-0.15, -0.1) is 11.8 Å². The van der Waals surface area contributed by atoms with E-state index in [1.54, 1.807) is 19.9 Å². The molecule has 0 saturated heterocycles. The highest BCUT2D eigenvalue weighted by Crippen LogP contribution is 2.14. The van der Waals surface area contributed by atoms with Gasteiger partial charge in [-0.25, -0.2) is 0 Å². The van der Waals surface area contributed by atoms with E-state index in [0.29, 0.717) is 11.6 Å². The van der Waals surface area contributed by atoms with Crippen molar-refractivity contribution in [2.24, 2.45) is 0 Å². The van der Waals surface area contributed by atoms with Crippen LogP contribution in [0.5, 0.6) is 0 Å². The minimum Gasteiger partial charge on any atom is -0.481 e. The topological polar surface area (TPSA) is 113 Å². The van der Waals surface area contributed by atoms with Crippen LogP contribution in [0, 0.1) is 6.92 Å². The monoisotopic (exact) mass is 329 g/mol. The van der Waals surface area contributed by atoms with E-state index in [1.165, 1.54) is 23.7 Å². The molecule has 9 heteroatoms. The van der Waals surface area contributed by atoms with Crippen LogP contribution in [0.4, 0.5) is 5.82 Å². The van der Waals surface area contributed by atoms with Crippen molar-refractivity contribution >= 4 is 35.4 Å². The lowest BCUT2D eigenvalue weighted by molar-refractivity contribution is -0.137. The molecule has 0 spiro atoms. The van der Waals surface area contributed by atoms with Gasteiger partial charge in [-0.3, -0.25) is 14.4 Å². The number of nitrogens with zero attached hydrogens (tertiary/aromatic N) is 2. The summed E-state index contributed by atoms with van der Waals surface area (Å²) in [7, 11) is 1.54. The highest BCUT2D eigenvalue weighted by atomic mass is 32.2. The summed E-state index contributed by atoms with van der Waals surface area (Å²) in [5, 5.41) is 14.4. The number of aryl methyl sites for hydroxylation is 1. The summed E-state index contributed by atoms with van der Waals surface area (Å²) >= 11 is 1.17. The predicted octanol–water partition coefficient (Wildman–Crippen LogP) is 0.976. The molecular formula is C13H19N3O5S. The zero-order valence-corrected chi connectivity index (χ0v) is 13.5. The molecule has 1 rings (SSSR count). The number of hydrogen-bond acceptors (Lipinski definition) is 6. The van der Waals surface area contributed by atoms with Gasteiger partial charge < -0.3 is 19.8 Å². The minimum absolute atomic E-state index is 0.0998. The van der Waals surface area contributed by atoms with Crippen molar-refractivity contribution in [2.45, 2.75) is 25.5 Å². The highest BCUT2D eigenvalue weighted by Gasteiger charge is 2.18. The molecule has 0 radical (unpaired) electrons. The number of aliphatic carboxylic acids is 1. The molecule has 0 aliphatic carbocycles. The van der Waals surface area contributed by atoms with Crippen LogP contribution < -0.4 is 5.32 Å². The van der Waals surface area contributed by atoms with E-state index in [4.69, 9.17) is 9.63 Å². The fraction of sp³-hybridized carbons (Fsp3) is 0.538. The van der Waals surface area contributed by atoms with Crippen LogP contribution in [-0.2, 0) is 14.4 Å². The quantitative estimate of drug-likeness (QED) is 0.731. The van der Waals surface area contributed by atoms with Crippen molar-refractivity contribution in [3.63, 3.8) is 0 Å². The first-order valence-electron chi connectivity index (χ1n) is 6.61. The van der Waals surface area contributed by atoms with Crippen LogP contribution in [-0.4, -0.2) is 57.5 Å². The molecule has 122 valence electrons. The third kappa shape index (κ3) is 6.17. The standard InChI is InChI=1S/C13H19N3O5S/c1-8-6-10(15-21-8)14-13(20)9(2)22-7-11(17)16(3)5-4-12(18)19/h6,9H,4-5,7H2,1-3H3,(H,18,19)(H,14,15,20). The number of anilines is 1. The van der Waals surface area contributed by atoms with Crippen molar-refractivity contribution in [3.05, 3.63) is 11.8 Å². The lowest BCUT2D eigenvalue weighted by Crippen LogP contribution is -2.32. The van der Waals surface area contributed by atoms with E-state index in [2.05, 4.69) is 10.5 Å². The van der Waals surface area contributed by atoms with Gasteiger partial charge in [0, 0.05) is 19.7 Å². The fourth-order valence-corrected chi connectivity index (χ4v) is 2.25. The molecule has 2 N–H and O–H groups in total. The van der Waals surface area contributed by atoms with Crippen LogP contribution in [0.25, 0.3) is 0 Å². The Balaban J connectivity index is 2.34. The summed E-state index contributed by atoms with van der Waals surface area (Å²) in [6.07, 6.45) is -0.103. The summed E-state index contributed by atoms with van der Waals surface area (Å²) in [6.45, 7) is 3.54. The normalized spacial score (nSPS) is 11.8. The van der Waals surface area contributed by atoms with E-state index < -0.39 is 11.2 Å². The van der Waals surface area contributed by atoms with Crippen molar-refractivity contribution in [3.8, 4) is 0 Å². The molecular weight excluding hydrogens is 310 g/mol. The Morgan fingerprint density at radius 1 is 1.50 bits per heavy atom. The van der Waals surface area contributed by atoms with Crippen LogP contribution in [0.15, 0.2) is 10.6 Å². The maximum absolute atomic E-state index is 11.9.